The standard InChI is InChI=1S/C8H11N3/c1-11(2)6-4-8(7-10)3-5-9/h4H,3,6H2,1-2H3/b8-4-. The summed E-state index contributed by atoms with van der Waals surface area (Å²) >= 11 is 0. The number of likely N-dealkylation sites (N-methyl/N-ethyl adjacent to an activating group) is 1. The van der Waals surface area contributed by atoms with Gasteiger partial charge in [0.15, 0.2) is 0 Å². The predicted octanol–water partition coefficient (Wildman–Crippen LogP) is 0.912. The van der Waals surface area contributed by atoms with Gasteiger partial charge in [0.05, 0.1) is 18.6 Å². The predicted molar refractivity (Wildman–Crippen MR) is 42.5 cm³/mol. The van der Waals surface area contributed by atoms with Crippen molar-refractivity contribution in [2.45, 2.75) is 6.42 Å². The van der Waals surface area contributed by atoms with Crippen LogP contribution in [0.15, 0.2) is 11.6 Å². The molecule has 0 amide bonds. The van der Waals surface area contributed by atoms with Gasteiger partial charge < -0.3 is 4.90 Å². The van der Waals surface area contributed by atoms with Gasteiger partial charge in [-0.1, -0.05) is 6.08 Å². The summed E-state index contributed by atoms with van der Waals surface area (Å²) in [6.07, 6.45) is 1.98. The van der Waals surface area contributed by atoms with Gasteiger partial charge in [0.1, 0.15) is 0 Å². The molecule has 0 saturated heterocycles. The van der Waals surface area contributed by atoms with Crippen molar-refractivity contribution in [1.29, 1.82) is 10.5 Å². The fraction of sp³-hybridized carbons (Fsp3) is 0.500. The lowest BCUT2D eigenvalue weighted by molar-refractivity contribution is 0.455. The molecule has 11 heavy (non-hydrogen) atoms. The summed E-state index contributed by atoms with van der Waals surface area (Å²) in [6.45, 7) is 0.713. The van der Waals surface area contributed by atoms with E-state index in [2.05, 4.69) is 0 Å². The Morgan fingerprint density at radius 3 is 2.45 bits per heavy atom. The van der Waals surface area contributed by atoms with Crippen molar-refractivity contribution in [1.82, 2.24) is 4.90 Å². The molecule has 0 aromatic rings. The highest BCUT2D eigenvalue weighted by Crippen LogP contribution is 1.97. The lowest BCUT2D eigenvalue weighted by atomic mass is 10.2. The van der Waals surface area contributed by atoms with Gasteiger partial charge in [-0.25, -0.2) is 0 Å². The second-order valence-electron chi connectivity index (χ2n) is 2.44. The topological polar surface area (TPSA) is 50.8 Å². The van der Waals surface area contributed by atoms with E-state index in [1.54, 1.807) is 6.08 Å². The zero-order valence-electron chi connectivity index (χ0n) is 6.83. The molecule has 0 aliphatic heterocycles. The van der Waals surface area contributed by atoms with Crippen LogP contribution < -0.4 is 0 Å². The smallest absolute Gasteiger partial charge is 0.0955 e. The van der Waals surface area contributed by atoms with Crippen molar-refractivity contribution >= 4 is 0 Å². The minimum Gasteiger partial charge on any atom is -0.306 e. The Labute approximate surface area is 67.1 Å². The van der Waals surface area contributed by atoms with E-state index < -0.39 is 0 Å². The molecular weight excluding hydrogens is 138 g/mol. The first-order valence-corrected chi connectivity index (χ1v) is 3.31. The first kappa shape index (κ1) is 9.68. The number of hydrogen-bond acceptors (Lipinski definition) is 3. The fourth-order valence-corrected chi connectivity index (χ4v) is 0.535. The van der Waals surface area contributed by atoms with E-state index in [0.29, 0.717) is 12.1 Å². The van der Waals surface area contributed by atoms with Crippen LogP contribution in [0.5, 0.6) is 0 Å². The number of allylic oxidation sites excluding steroid dienone is 1. The molecule has 0 heterocycles. The van der Waals surface area contributed by atoms with Gasteiger partial charge in [0, 0.05) is 12.1 Å². The molecule has 3 heteroatoms. The second kappa shape index (κ2) is 5.46. The molecule has 0 bridgehead atoms. The van der Waals surface area contributed by atoms with Crippen LogP contribution in [0.1, 0.15) is 6.42 Å². The molecule has 0 aromatic heterocycles. The zero-order chi connectivity index (χ0) is 8.69. The average molecular weight is 149 g/mol. The van der Waals surface area contributed by atoms with Gasteiger partial charge in [-0.05, 0) is 14.1 Å². The number of hydrogen-bond donors (Lipinski definition) is 0. The summed E-state index contributed by atoms with van der Waals surface area (Å²) in [5.41, 5.74) is 0.543. The SMILES string of the molecule is CN(C)C/C=C(\C#N)CC#N. The first-order chi connectivity index (χ1) is 5.20. The van der Waals surface area contributed by atoms with E-state index in [4.69, 9.17) is 10.5 Å². The van der Waals surface area contributed by atoms with Crippen LogP contribution >= 0.6 is 0 Å². The maximum absolute atomic E-state index is 8.48. The molecule has 0 N–H and O–H groups in total. The molecule has 0 aliphatic rings. The summed E-state index contributed by atoms with van der Waals surface area (Å²) in [5, 5.41) is 16.8. The fourth-order valence-electron chi connectivity index (χ4n) is 0.535. The highest BCUT2D eigenvalue weighted by molar-refractivity contribution is 5.24. The Balaban J connectivity index is 3.96. The van der Waals surface area contributed by atoms with Crippen LogP contribution in [0.25, 0.3) is 0 Å². The molecule has 0 radical (unpaired) electrons. The Hall–Kier alpha value is -1.32. The molecule has 0 aromatic carbocycles. The van der Waals surface area contributed by atoms with Gasteiger partial charge >= 0.3 is 0 Å². The van der Waals surface area contributed by atoms with E-state index in [0.717, 1.165) is 0 Å². The molecule has 0 saturated carbocycles. The molecular formula is C8H11N3. The maximum atomic E-state index is 8.48. The molecule has 0 rings (SSSR count). The van der Waals surface area contributed by atoms with Gasteiger partial charge in [-0.3, -0.25) is 0 Å². The van der Waals surface area contributed by atoms with Crippen molar-refractivity contribution in [2.24, 2.45) is 0 Å². The third-order valence-electron chi connectivity index (χ3n) is 1.12. The van der Waals surface area contributed by atoms with Crippen LogP contribution in [-0.2, 0) is 0 Å². The number of nitriles is 2. The molecule has 0 spiro atoms. The van der Waals surface area contributed by atoms with Crippen LogP contribution in [0, 0.1) is 22.7 Å². The second-order valence-corrected chi connectivity index (χ2v) is 2.44. The third-order valence-corrected chi connectivity index (χ3v) is 1.12. The average Bonchev–Trinajstić information content (AvgIpc) is 1.97. The minimum atomic E-state index is 0.213. The van der Waals surface area contributed by atoms with Gasteiger partial charge in [0.25, 0.3) is 0 Å². The van der Waals surface area contributed by atoms with E-state index in [1.807, 2.05) is 31.1 Å². The molecule has 58 valence electrons. The molecule has 0 aliphatic carbocycles. The highest BCUT2D eigenvalue weighted by Gasteiger charge is 1.92. The van der Waals surface area contributed by atoms with E-state index in [-0.39, 0.29) is 6.42 Å². The summed E-state index contributed by atoms with van der Waals surface area (Å²) < 4.78 is 0. The van der Waals surface area contributed by atoms with E-state index >= 15 is 0 Å². The third kappa shape index (κ3) is 5.14. The van der Waals surface area contributed by atoms with Crippen molar-refractivity contribution < 1.29 is 0 Å². The van der Waals surface area contributed by atoms with Crippen molar-refractivity contribution in [3.63, 3.8) is 0 Å². The molecule has 0 unspecified atom stereocenters. The molecule has 0 fully saturated rings. The zero-order valence-corrected chi connectivity index (χ0v) is 6.83. The summed E-state index contributed by atoms with van der Waals surface area (Å²) in [4.78, 5) is 1.94. The summed E-state index contributed by atoms with van der Waals surface area (Å²) in [7, 11) is 3.83. The Morgan fingerprint density at radius 2 is 2.09 bits per heavy atom. The summed E-state index contributed by atoms with van der Waals surface area (Å²) in [5.74, 6) is 0. The van der Waals surface area contributed by atoms with Crippen LogP contribution in [0.2, 0.25) is 0 Å². The molecule has 0 atom stereocenters. The van der Waals surface area contributed by atoms with Crippen molar-refractivity contribution in [3.05, 3.63) is 11.6 Å². The Bertz CT molecular complexity index is 214. The largest absolute Gasteiger partial charge is 0.306 e. The lowest BCUT2D eigenvalue weighted by Gasteiger charge is -2.03. The van der Waals surface area contributed by atoms with Crippen LogP contribution in [0.3, 0.4) is 0 Å². The monoisotopic (exact) mass is 149 g/mol. The van der Waals surface area contributed by atoms with E-state index in [1.165, 1.54) is 0 Å². The Morgan fingerprint density at radius 1 is 1.45 bits per heavy atom. The summed E-state index contributed by atoms with van der Waals surface area (Å²) in [6, 6.07) is 3.90. The quantitative estimate of drug-likeness (QED) is 0.560. The highest BCUT2D eigenvalue weighted by atomic mass is 15.0. The van der Waals surface area contributed by atoms with Gasteiger partial charge in [-0.15, -0.1) is 0 Å². The van der Waals surface area contributed by atoms with Crippen molar-refractivity contribution in [2.75, 3.05) is 20.6 Å². The number of rotatable bonds is 3. The van der Waals surface area contributed by atoms with E-state index in [9.17, 15) is 0 Å². The number of nitrogens with zero attached hydrogens (tertiary/aromatic N) is 3. The normalized spacial score (nSPS) is 10.8. The van der Waals surface area contributed by atoms with Gasteiger partial charge in [-0.2, -0.15) is 10.5 Å². The first-order valence-electron chi connectivity index (χ1n) is 3.31. The van der Waals surface area contributed by atoms with Gasteiger partial charge in [0.2, 0.25) is 0 Å². The minimum absolute atomic E-state index is 0.213. The van der Waals surface area contributed by atoms with Crippen molar-refractivity contribution in [3.8, 4) is 12.1 Å². The Kier molecular flexibility index (Phi) is 4.81. The van der Waals surface area contributed by atoms with Crippen LogP contribution in [0.4, 0.5) is 0 Å². The molecule has 3 nitrogen and oxygen atoms in total. The lowest BCUT2D eigenvalue weighted by Crippen LogP contribution is -2.11. The maximum Gasteiger partial charge on any atom is 0.0955 e. The van der Waals surface area contributed by atoms with Crippen LogP contribution in [-0.4, -0.2) is 25.5 Å².